The molecular weight excluding hydrogens is 230 g/mol. The van der Waals surface area contributed by atoms with Crippen molar-refractivity contribution in [3.63, 3.8) is 0 Å². The van der Waals surface area contributed by atoms with Crippen LogP contribution in [0.1, 0.15) is 20.3 Å². The van der Waals surface area contributed by atoms with Crippen LogP contribution in [0, 0.1) is 11.8 Å². The zero-order valence-electron chi connectivity index (χ0n) is 9.46. The van der Waals surface area contributed by atoms with Crippen LogP contribution in [0.15, 0.2) is 12.7 Å². The van der Waals surface area contributed by atoms with Crippen molar-refractivity contribution in [1.82, 2.24) is 0 Å². The van der Waals surface area contributed by atoms with E-state index >= 15 is 0 Å². The number of thiol groups is 1. The molecule has 1 aliphatic carbocycles. The van der Waals surface area contributed by atoms with Gasteiger partial charge in [0.2, 0.25) is 0 Å². The second-order valence-electron chi connectivity index (χ2n) is 4.08. The number of allylic oxidation sites excluding steroid dienone is 1. The molecule has 1 amide bonds. The predicted octanol–water partition coefficient (Wildman–Crippen LogP) is 0.867. The minimum atomic E-state index is -1.13. The molecule has 1 rings (SSSR count). The minimum absolute atomic E-state index is 0.0764. The Morgan fingerprint density at radius 3 is 2.25 bits per heavy atom. The number of aliphatic hydroxyl groups is 2. The molecule has 0 aliphatic heterocycles. The number of hydrogen-bond acceptors (Lipinski definition) is 5. The first-order valence-electron chi connectivity index (χ1n) is 4.87. The SMILES string of the molecule is C=CC1CC1C(O)O.CC(C)(S)OC(N)=O. The molecule has 0 aromatic heterocycles. The van der Waals surface area contributed by atoms with Crippen LogP contribution in [0.4, 0.5) is 4.79 Å². The highest BCUT2D eigenvalue weighted by molar-refractivity contribution is 7.81. The van der Waals surface area contributed by atoms with Crippen molar-refractivity contribution < 1.29 is 19.7 Å². The van der Waals surface area contributed by atoms with Gasteiger partial charge in [0.1, 0.15) is 0 Å². The van der Waals surface area contributed by atoms with Crippen LogP contribution in [-0.2, 0) is 4.74 Å². The molecule has 0 saturated heterocycles. The number of amides is 1. The lowest BCUT2D eigenvalue weighted by Crippen LogP contribution is -2.25. The summed E-state index contributed by atoms with van der Waals surface area (Å²) < 4.78 is 4.44. The fraction of sp³-hybridized carbons (Fsp3) is 0.700. The number of carbonyl (C=O) groups excluding carboxylic acids is 1. The minimum Gasteiger partial charge on any atom is -0.433 e. The first-order chi connectivity index (χ1) is 7.17. The molecule has 4 N–H and O–H groups in total. The topological polar surface area (TPSA) is 92.8 Å². The van der Waals surface area contributed by atoms with Crippen molar-refractivity contribution in [3.05, 3.63) is 12.7 Å². The fourth-order valence-electron chi connectivity index (χ4n) is 1.10. The number of rotatable bonds is 3. The van der Waals surface area contributed by atoms with Crippen molar-refractivity contribution in [1.29, 1.82) is 0 Å². The van der Waals surface area contributed by atoms with Gasteiger partial charge in [-0.05, 0) is 26.2 Å². The lowest BCUT2D eigenvalue weighted by Gasteiger charge is -2.15. The summed E-state index contributed by atoms with van der Waals surface area (Å²) in [6, 6.07) is 0. The summed E-state index contributed by atoms with van der Waals surface area (Å²) in [5.41, 5.74) is 4.67. The van der Waals surface area contributed by atoms with E-state index in [9.17, 15) is 4.79 Å². The van der Waals surface area contributed by atoms with Crippen molar-refractivity contribution in [2.45, 2.75) is 31.5 Å². The number of hydrogen-bond donors (Lipinski definition) is 4. The normalized spacial score (nSPS) is 23.1. The molecule has 6 heteroatoms. The van der Waals surface area contributed by atoms with Crippen LogP contribution < -0.4 is 5.73 Å². The largest absolute Gasteiger partial charge is 0.433 e. The Labute approximate surface area is 101 Å². The highest BCUT2D eigenvalue weighted by Gasteiger charge is 2.39. The quantitative estimate of drug-likeness (QED) is 0.339. The van der Waals surface area contributed by atoms with Crippen molar-refractivity contribution in [3.8, 4) is 0 Å². The first kappa shape index (κ1) is 15.3. The van der Waals surface area contributed by atoms with Gasteiger partial charge in [-0.25, -0.2) is 4.79 Å². The zero-order valence-corrected chi connectivity index (χ0v) is 10.4. The number of carbonyl (C=O) groups is 1. The molecule has 0 spiro atoms. The van der Waals surface area contributed by atoms with Crippen LogP contribution in [0.2, 0.25) is 0 Å². The van der Waals surface area contributed by atoms with E-state index < -0.39 is 17.3 Å². The Balaban J connectivity index is 0.000000281. The van der Waals surface area contributed by atoms with Gasteiger partial charge < -0.3 is 20.7 Å². The third kappa shape index (κ3) is 7.56. The van der Waals surface area contributed by atoms with E-state index in [0.717, 1.165) is 6.42 Å². The van der Waals surface area contributed by atoms with Gasteiger partial charge in [0.25, 0.3) is 0 Å². The molecule has 0 radical (unpaired) electrons. The summed E-state index contributed by atoms with van der Waals surface area (Å²) in [4.78, 5) is 9.21. The Morgan fingerprint density at radius 1 is 1.69 bits per heavy atom. The van der Waals surface area contributed by atoms with E-state index in [1.54, 1.807) is 19.9 Å². The average molecular weight is 249 g/mol. The van der Waals surface area contributed by atoms with Gasteiger partial charge in [-0.3, -0.25) is 0 Å². The van der Waals surface area contributed by atoms with Crippen LogP contribution in [0.25, 0.3) is 0 Å². The lowest BCUT2D eigenvalue weighted by molar-refractivity contribution is -0.0586. The zero-order chi connectivity index (χ0) is 12.9. The van der Waals surface area contributed by atoms with Gasteiger partial charge in [-0.2, -0.15) is 0 Å². The Morgan fingerprint density at radius 2 is 2.19 bits per heavy atom. The summed E-state index contributed by atoms with van der Waals surface area (Å²) >= 11 is 3.87. The second kappa shape index (κ2) is 6.12. The van der Waals surface area contributed by atoms with E-state index in [1.165, 1.54) is 0 Å². The van der Waals surface area contributed by atoms with Gasteiger partial charge in [0, 0.05) is 5.92 Å². The lowest BCUT2D eigenvalue weighted by atomic mass is 10.3. The third-order valence-electron chi connectivity index (χ3n) is 1.93. The van der Waals surface area contributed by atoms with Gasteiger partial charge >= 0.3 is 6.09 Å². The molecule has 1 aliphatic rings. The molecule has 5 nitrogen and oxygen atoms in total. The first-order valence-corrected chi connectivity index (χ1v) is 5.31. The monoisotopic (exact) mass is 249 g/mol. The summed E-state index contributed by atoms with van der Waals surface area (Å²) in [5.74, 6) is 0.433. The molecule has 0 heterocycles. The van der Waals surface area contributed by atoms with Crippen molar-refractivity contribution >= 4 is 18.7 Å². The maximum absolute atomic E-state index is 9.97. The fourth-order valence-corrected chi connectivity index (χ4v) is 1.19. The molecule has 1 saturated carbocycles. The smallest absolute Gasteiger partial charge is 0.405 e. The number of primary amides is 1. The van der Waals surface area contributed by atoms with E-state index in [1.807, 2.05) is 0 Å². The highest BCUT2D eigenvalue weighted by atomic mass is 32.1. The summed E-state index contributed by atoms with van der Waals surface area (Å²) in [6.07, 6.45) is 0.730. The van der Waals surface area contributed by atoms with E-state index in [0.29, 0.717) is 5.92 Å². The van der Waals surface area contributed by atoms with Crippen LogP contribution >= 0.6 is 12.6 Å². The van der Waals surface area contributed by atoms with Crippen LogP contribution in [0.3, 0.4) is 0 Å². The van der Waals surface area contributed by atoms with Crippen LogP contribution in [-0.4, -0.2) is 27.5 Å². The molecular formula is C10H19NO4S. The van der Waals surface area contributed by atoms with Gasteiger partial charge in [0.15, 0.2) is 11.2 Å². The van der Waals surface area contributed by atoms with Gasteiger partial charge in [-0.15, -0.1) is 19.2 Å². The number of nitrogens with two attached hydrogens (primary N) is 1. The molecule has 2 unspecified atom stereocenters. The molecule has 2 atom stereocenters. The van der Waals surface area contributed by atoms with Gasteiger partial charge in [-0.1, -0.05) is 6.08 Å². The van der Waals surface area contributed by atoms with E-state index in [-0.39, 0.29) is 5.92 Å². The summed E-state index contributed by atoms with van der Waals surface area (Å²) in [7, 11) is 0. The summed E-state index contributed by atoms with van der Waals surface area (Å²) in [5, 5.41) is 17.0. The second-order valence-corrected chi connectivity index (χ2v) is 5.16. The molecule has 0 bridgehead atoms. The third-order valence-corrected chi connectivity index (χ3v) is 2.02. The predicted molar refractivity (Wildman–Crippen MR) is 63.8 cm³/mol. The van der Waals surface area contributed by atoms with Crippen LogP contribution in [0.5, 0.6) is 0 Å². The molecule has 0 aromatic rings. The summed E-state index contributed by atoms with van der Waals surface area (Å²) in [6.45, 7) is 6.78. The maximum Gasteiger partial charge on any atom is 0.405 e. The average Bonchev–Trinajstić information content (AvgIpc) is 2.77. The van der Waals surface area contributed by atoms with Crippen molar-refractivity contribution in [2.75, 3.05) is 0 Å². The standard InChI is InChI=1S/C6H10O2.C4H9NO2S/c1-2-4-3-5(4)6(7)8;1-4(2,8)7-3(5)6/h2,4-8H,1,3H2;8H,1-2H3,(H2,5,6). The highest BCUT2D eigenvalue weighted by Crippen LogP contribution is 2.40. The number of aliphatic hydroxyl groups excluding tert-OH is 1. The molecule has 16 heavy (non-hydrogen) atoms. The van der Waals surface area contributed by atoms with Crippen molar-refractivity contribution in [2.24, 2.45) is 17.6 Å². The Kier molecular flexibility index (Phi) is 5.85. The van der Waals surface area contributed by atoms with E-state index in [4.69, 9.17) is 10.2 Å². The Hall–Kier alpha value is -0.720. The molecule has 94 valence electrons. The Bertz CT molecular complexity index is 250. The maximum atomic E-state index is 9.97. The molecule has 1 fully saturated rings. The molecule has 0 aromatic carbocycles. The van der Waals surface area contributed by atoms with Gasteiger partial charge in [0.05, 0.1) is 0 Å². The van der Waals surface area contributed by atoms with E-state index in [2.05, 4.69) is 29.7 Å². The number of ether oxygens (including phenoxy) is 1.